The number of fused-ring (bicyclic) bond motifs is 3. The summed E-state index contributed by atoms with van der Waals surface area (Å²) in [6, 6.07) is 10.6. The van der Waals surface area contributed by atoms with Gasteiger partial charge >= 0.3 is 0 Å². The number of hydrogen-bond acceptors (Lipinski definition) is 5. The van der Waals surface area contributed by atoms with Gasteiger partial charge in [0, 0.05) is 38.3 Å². The largest absolute Gasteiger partial charge is 0.349 e. The van der Waals surface area contributed by atoms with E-state index in [1.165, 1.54) is 5.56 Å². The Balaban J connectivity index is 1.27. The lowest BCUT2D eigenvalue weighted by Crippen LogP contribution is -2.44. The summed E-state index contributed by atoms with van der Waals surface area (Å²) in [6.07, 6.45) is 6.27. The molecule has 166 valence electrons. The van der Waals surface area contributed by atoms with Crippen LogP contribution < -0.4 is 5.32 Å². The van der Waals surface area contributed by atoms with Crippen molar-refractivity contribution in [1.82, 2.24) is 24.8 Å². The number of nitrogens with zero attached hydrogens (tertiary/aromatic N) is 4. The van der Waals surface area contributed by atoms with E-state index < -0.39 is 0 Å². The van der Waals surface area contributed by atoms with Crippen molar-refractivity contribution in [3.63, 3.8) is 0 Å². The number of benzene rings is 1. The molecule has 0 radical (unpaired) electrons. The zero-order chi connectivity index (χ0) is 22.3. The van der Waals surface area contributed by atoms with Gasteiger partial charge in [0.15, 0.2) is 11.4 Å². The molecule has 0 bridgehead atoms. The van der Waals surface area contributed by atoms with Crippen LogP contribution in [0.25, 0.3) is 5.65 Å². The van der Waals surface area contributed by atoms with Crippen molar-refractivity contribution >= 4 is 17.3 Å². The van der Waals surface area contributed by atoms with Crippen molar-refractivity contribution in [2.75, 3.05) is 13.1 Å². The van der Waals surface area contributed by atoms with Gasteiger partial charge in [-0.2, -0.15) is 5.10 Å². The molecule has 3 heterocycles. The van der Waals surface area contributed by atoms with E-state index in [1.807, 2.05) is 6.07 Å². The number of aromatic nitrogens is 3. The quantitative estimate of drug-likeness (QED) is 0.686. The van der Waals surface area contributed by atoms with E-state index in [9.17, 15) is 9.59 Å². The predicted molar refractivity (Wildman–Crippen MR) is 122 cm³/mol. The molecule has 1 N–H and O–H groups in total. The van der Waals surface area contributed by atoms with Gasteiger partial charge in [0.05, 0.1) is 17.5 Å². The Morgan fingerprint density at radius 3 is 2.62 bits per heavy atom. The molecule has 5 rings (SSSR count). The molecule has 1 amide bonds. The van der Waals surface area contributed by atoms with Crippen LogP contribution in [0, 0.1) is 5.41 Å². The standard InChI is InChI=1S/C25H29N5O2/c1-25(2)12-21-19(22(31)13-25)14-26-23-20(15-27-30(21)23)24(32)28-18-8-10-29(11-9-18)16-17-6-4-3-5-7-17/h3-7,14-15,18H,8-13,16H2,1-2H3,(H,28,32). The molecule has 0 spiro atoms. The van der Waals surface area contributed by atoms with Crippen LogP contribution in [0.4, 0.5) is 0 Å². The Labute approximate surface area is 187 Å². The second kappa shape index (κ2) is 8.13. The van der Waals surface area contributed by atoms with Gasteiger partial charge in [-0.15, -0.1) is 0 Å². The lowest BCUT2D eigenvalue weighted by Gasteiger charge is -2.32. The Bertz CT molecular complexity index is 1160. The molecule has 0 unspecified atom stereocenters. The number of piperidine rings is 1. The number of ketones is 1. The lowest BCUT2D eigenvalue weighted by atomic mass is 9.76. The zero-order valence-electron chi connectivity index (χ0n) is 18.7. The number of Topliss-reactive ketones (excluding diaryl/α,β-unsaturated/α-hetero) is 1. The van der Waals surface area contributed by atoms with Gasteiger partial charge in [-0.05, 0) is 30.2 Å². The van der Waals surface area contributed by atoms with Gasteiger partial charge in [-0.25, -0.2) is 9.50 Å². The molecule has 3 aromatic rings. The Morgan fingerprint density at radius 2 is 1.88 bits per heavy atom. The van der Waals surface area contributed by atoms with E-state index in [0.717, 1.165) is 44.6 Å². The molecular weight excluding hydrogens is 402 g/mol. The summed E-state index contributed by atoms with van der Waals surface area (Å²) in [6.45, 7) is 7.03. The number of rotatable bonds is 4. The minimum atomic E-state index is -0.143. The predicted octanol–water partition coefficient (Wildman–Crippen LogP) is 3.28. The first-order chi connectivity index (χ1) is 15.4. The molecule has 2 aliphatic rings. The molecule has 1 fully saturated rings. The van der Waals surface area contributed by atoms with Crippen molar-refractivity contribution in [2.24, 2.45) is 5.41 Å². The fraction of sp³-hybridized carbons (Fsp3) is 0.440. The van der Waals surface area contributed by atoms with Crippen LogP contribution in [-0.2, 0) is 13.0 Å². The molecule has 0 saturated carbocycles. The Kier molecular flexibility index (Phi) is 5.29. The number of nitrogens with one attached hydrogen (secondary N) is 1. The van der Waals surface area contributed by atoms with E-state index >= 15 is 0 Å². The molecule has 1 aromatic carbocycles. The third kappa shape index (κ3) is 4.05. The van der Waals surface area contributed by atoms with Gasteiger partial charge in [-0.1, -0.05) is 44.2 Å². The first-order valence-electron chi connectivity index (χ1n) is 11.4. The summed E-state index contributed by atoms with van der Waals surface area (Å²) in [5.74, 6) is -0.0511. The van der Waals surface area contributed by atoms with E-state index in [4.69, 9.17) is 0 Å². The fourth-order valence-electron chi connectivity index (χ4n) is 4.93. The van der Waals surface area contributed by atoms with Crippen LogP contribution in [0.1, 0.15) is 65.1 Å². The van der Waals surface area contributed by atoms with Crippen molar-refractivity contribution in [2.45, 2.75) is 52.1 Å². The molecule has 1 aliphatic heterocycles. The van der Waals surface area contributed by atoms with Crippen LogP contribution in [0.2, 0.25) is 0 Å². The molecule has 7 heteroatoms. The minimum Gasteiger partial charge on any atom is -0.349 e. The molecule has 7 nitrogen and oxygen atoms in total. The molecular formula is C25H29N5O2. The van der Waals surface area contributed by atoms with Crippen LogP contribution in [0.5, 0.6) is 0 Å². The third-order valence-electron chi connectivity index (χ3n) is 6.63. The van der Waals surface area contributed by atoms with Crippen LogP contribution in [-0.4, -0.2) is 50.3 Å². The summed E-state index contributed by atoms with van der Waals surface area (Å²) < 4.78 is 1.69. The fourth-order valence-corrected chi connectivity index (χ4v) is 4.93. The van der Waals surface area contributed by atoms with Crippen molar-refractivity contribution in [1.29, 1.82) is 0 Å². The lowest BCUT2D eigenvalue weighted by molar-refractivity contribution is 0.0902. The minimum absolute atomic E-state index is 0.0921. The second-order valence-corrected chi connectivity index (χ2v) is 9.86. The first kappa shape index (κ1) is 20.8. The van der Waals surface area contributed by atoms with Crippen molar-refractivity contribution < 1.29 is 9.59 Å². The van der Waals surface area contributed by atoms with E-state index in [0.29, 0.717) is 23.2 Å². The highest BCUT2D eigenvalue weighted by Gasteiger charge is 2.34. The monoisotopic (exact) mass is 431 g/mol. The topological polar surface area (TPSA) is 79.6 Å². The summed E-state index contributed by atoms with van der Waals surface area (Å²) in [5.41, 5.74) is 3.66. The average Bonchev–Trinajstić information content (AvgIpc) is 3.20. The number of hydrogen-bond donors (Lipinski definition) is 1. The zero-order valence-corrected chi connectivity index (χ0v) is 18.7. The second-order valence-electron chi connectivity index (χ2n) is 9.86. The summed E-state index contributed by atoms with van der Waals surface area (Å²) >= 11 is 0. The van der Waals surface area contributed by atoms with Crippen LogP contribution >= 0.6 is 0 Å². The summed E-state index contributed by atoms with van der Waals surface area (Å²) in [7, 11) is 0. The van der Waals surface area contributed by atoms with Crippen molar-refractivity contribution in [3.8, 4) is 0 Å². The van der Waals surface area contributed by atoms with Gasteiger partial charge in [-0.3, -0.25) is 14.5 Å². The number of likely N-dealkylation sites (tertiary alicyclic amines) is 1. The molecule has 2 aromatic heterocycles. The smallest absolute Gasteiger partial charge is 0.256 e. The van der Waals surface area contributed by atoms with E-state index in [1.54, 1.807) is 16.9 Å². The highest BCUT2D eigenvalue weighted by atomic mass is 16.1. The Morgan fingerprint density at radius 1 is 1.12 bits per heavy atom. The highest BCUT2D eigenvalue weighted by molar-refractivity contribution is 6.01. The van der Waals surface area contributed by atoms with Crippen molar-refractivity contribution in [3.05, 3.63) is 65.1 Å². The summed E-state index contributed by atoms with van der Waals surface area (Å²) in [5, 5.41) is 7.61. The van der Waals surface area contributed by atoms with E-state index in [-0.39, 0.29) is 23.1 Å². The number of carbonyl (C=O) groups excluding carboxylic acids is 2. The molecule has 1 saturated heterocycles. The first-order valence-corrected chi connectivity index (χ1v) is 11.4. The SMILES string of the molecule is CC1(C)CC(=O)c2cnc3c(C(=O)NC4CCN(Cc5ccccc5)CC4)cnn3c2C1. The van der Waals surface area contributed by atoms with Gasteiger partial charge in [0.25, 0.3) is 5.91 Å². The van der Waals surface area contributed by atoms with Gasteiger partial charge < -0.3 is 5.32 Å². The van der Waals surface area contributed by atoms with Gasteiger partial charge in [0.2, 0.25) is 0 Å². The number of amides is 1. The van der Waals surface area contributed by atoms with Gasteiger partial charge in [0.1, 0.15) is 5.56 Å². The third-order valence-corrected chi connectivity index (χ3v) is 6.63. The maximum absolute atomic E-state index is 13.0. The summed E-state index contributed by atoms with van der Waals surface area (Å²) in [4.78, 5) is 32.4. The van der Waals surface area contributed by atoms with Crippen LogP contribution in [0.15, 0.2) is 42.7 Å². The average molecular weight is 432 g/mol. The number of carbonyl (C=O) groups is 2. The highest BCUT2D eigenvalue weighted by Crippen LogP contribution is 2.34. The molecule has 0 atom stereocenters. The maximum atomic E-state index is 13.0. The Hall–Kier alpha value is -3.06. The van der Waals surface area contributed by atoms with E-state index in [2.05, 4.69) is 58.4 Å². The molecule has 1 aliphatic carbocycles. The maximum Gasteiger partial charge on any atom is 0.256 e. The van der Waals surface area contributed by atoms with Crippen LogP contribution in [0.3, 0.4) is 0 Å². The normalized spacial score (nSPS) is 19.1. The molecule has 32 heavy (non-hydrogen) atoms.